The molecular weight excluding hydrogens is 1830 g/mol. The van der Waals surface area contributed by atoms with Gasteiger partial charge in [0.25, 0.3) is 0 Å². The van der Waals surface area contributed by atoms with Gasteiger partial charge in [-0.1, -0.05) is 42.5 Å². The van der Waals surface area contributed by atoms with Gasteiger partial charge in [0, 0.05) is 39.0 Å². The van der Waals surface area contributed by atoms with E-state index in [1.54, 1.807) is 30.3 Å². The molecule has 776 valence electrons. The fraction of sp³-hybridized carbons (Fsp3) is 0.595. The van der Waals surface area contributed by atoms with Gasteiger partial charge in [0.2, 0.25) is 112 Å². The van der Waals surface area contributed by atoms with Crippen LogP contribution in [0.4, 0.5) is 4.39 Å². The number of halogens is 1. The predicted octanol–water partition coefficient (Wildman–Crippen LogP) is -13.5. The Morgan fingerprint density at radius 2 is 0.748 bits per heavy atom. The number of benzene rings is 2. The smallest absolute Gasteiger partial charge is 0.245 e. The van der Waals surface area contributed by atoms with E-state index >= 15 is 0 Å². The average molecular weight is 1970 g/mol. The summed E-state index contributed by atoms with van der Waals surface area (Å²) in [6.45, 7) is 1.58. The van der Waals surface area contributed by atoms with E-state index in [2.05, 4.69) is 101 Å². The summed E-state index contributed by atoms with van der Waals surface area (Å²) >= 11 is 0. The van der Waals surface area contributed by atoms with Crippen LogP contribution in [-0.2, 0) is 104 Å². The summed E-state index contributed by atoms with van der Waals surface area (Å²) in [6, 6.07) is -8.61. The molecule has 0 radical (unpaired) electrons. The van der Waals surface area contributed by atoms with Crippen LogP contribution in [-0.4, -0.2) is 302 Å². The van der Waals surface area contributed by atoms with Gasteiger partial charge in [-0.05, 0) is 180 Å². The minimum Gasteiger partial charge on any atom is -0.394 e. The van der Waals surface area contributed by atoms with Crippen LogP contribution in [0, 0.1) is 22.0 Å². The molecule has 0 spiro atoms. The normalized spacial score (nSPS) is 14.3. The lowest BCUT2D eigenvalue weighted by atomic mass is 10.0. The first-order valence-corrected chi connectivity index (χ1v) is 45.1. The summed E-state index contributed by atoms with van der Waals surface area (Å²) in [5.41, 5.74) is 60.9. The van der Waals surface area contributed by atoms with Gasteiger partial charge in [0.15, 0.2) is 17.9 Å². The Kier molecular flexibility index (Phi) is 56.3. The third-order valence-corrected chi connectivity index (χ3v) is 21.0. The summed E-state index contributed by atoms with van der Waals surface area (Å²) < 4.78 is 14.0. The van der Waals surface area contributed by atoms with Crippen molar-refractivity contribution in [3.05, 3.63) is 71.5 Å². The first-order chi connectivity index (χ1) is 65.6. The molecule has 55 heteroatoms. The van der Waals surface area contributed by atoms with Crippen LogP contribution < -0.4 is 164 Å². The van der Waals surface area contributed by atoms with Gasteiger partial charge in [-0.2, -0.15) is 0 Å². The summed E-state index contributed by atoms with van der Waals surface area (Å²) in [6.07, 6.45) is -3.46. The van der Waals surface area contributed by atoms with Crippen LogP contribution in [0.5, 0.6) is 0 Å². The lowest BCUT2D eigenvalue weighted by Gasteiger charge is -2.29. The number of unbranched alkanes of at least 4 members (excludes halogenated alkanes) is 3. The average Bonchev–Trinajstić information content (AvgIpc) is 0.842. The molecule has 139 heavy (non-hydrogen) atoms. The summed E-state index contributed by atoms with van der Waals surface area (Å²) in [7, 11) is 0. The van der Waals surface area contributed by atoms with E-state index in [0.29, 0.717) is 6.42 Å². The zero-order valence-corrected chi connectivity index (χ0v) is 78.4. The Balaban J connectivity index is 2.43. The molecule has 54 nitrogen and oxygen atoms in total. The van der Waals surface area contributed by atoms with Crippen molar-refractivity contribution in [1.82, 2.24) is 101 Å². The lowest BCUT2D eigenvalue weighted by molar-refractivity contribution is -0.137. The minimum absolute atomic E-state index is 0.000509. The Bertz CT molecular complexity index is 4450. The van der Waals surface area contributed by atoms with E-state index in [1.807, 2.05) is 0 Å². The van der Waals surface area contributed by atoms with Crippen LogP contribution in [0.1, 0.15) is 154 Å². The van der Waals surface area contributed by atoms with Crippen LogP contribution in [0.2, 0.25) is 0 Å². The summed E-state index contributed by atoms with van der Waals surface area (Å²) in [5, 5.41) is 90.8. The maximum atomic E-state index is 14.7. The van der Waals surface area contributed by atoms with Crippen molar-refractivity contribution >= 4 is 130 Å². The number of amides is 19. The molecule has 19 amide bonds. The number of carbonyl (C=O) groups is 19. The third-order valence-electron chi connectivity index (χ3n) is 21.0. The molecule has 2 rings (SSSR count). The van der Waals surface area contributed by atoms with Crippen LogP contribution >= 0.6 is 0 Å². The highest BCUT2D eigenvalue weighted by Gasteiger charge is 2.40. The molecule has 0 aromatic heterocycles. The second kappa shape index (κ2) is 64.8. The highest BCUT2D eigenvalue weighted by atomic mass is 19.1. The van der Waals surface area contributed by atoms with Crippen molar-refractivity contribution in [1.29, 1.82) is 16.2 Å². The molecule has 0 bridgehead atoms. The number of primary amides is 3. The number of aliphatic hydroxyl groups is 2. The minimum atomic E-state index is -1.97. The van der Waals surface area contributed by atoms with E-state index in [1.165, 1.54) is 26.0 Å². The van der Waals surface area contributed by atoms with Crippen molar-refractivity contribution in [3.8, 4) is 0 Å². The molecular formula is C84H142FN33O21. The number of nitrogens with one attached hydrogen (secondary N) is 22. The molecule has 0 aliphatic carbocycles. The maximum Gasteiger partial charge on any atom is 0.245 e. The second-order valence-corrected chi connectivity index (χ2v) is 33.2. The van der Waals surface area contributed by atoms with Crippen LogP contribution in [0.25, 0.3) is 0 Å². The number of hydrogen-bond donors (Lipinski definition) is 35. The molecule has 0 aliphatic rings. The van der Waals surface area contributed by atoms with Crippen molar-refractivity contribution in [2.75, 3.05) is 65.5 Å². The molecule has 2 aromatic rings. The Morgan fingerprint density at radius 3 is 1.16 bits per heavy atom. The van der Waals surface area contributed by atoms with Gasteiger partial charge in [-0.15, -0.1) is 0 Å². The SMILES string of the molecule is C[C@H](NC(=O)[C@H](CO)NC(=O)[C@H](CCCCN)NC(=O)[C@H](CCCNC(=N)N)NC(=O)C(C)(C)NC(=O)CNC(=O)[C@@H](NC(=O)[C@H](Cc1ccc(F)cc1)NC(=O)CNC(=O)[C@H](CN)NC(=O)[C@@H](N)Cc1ccccc1)[C@@H](C)O)C(=O)N[C@@H](CCCNC(=N)N)C(=O)N[C@@H](CCCCN)C(=O)N[C@@H](CCCNC(=N)N)C(=O)N[C@@H](CCCCN)C(=O)N[C@@H](CC(N)=O)C(=O)N[C@@H](CCC(N)=O)C(N)=O. The maximum absolute atomic E-state index is 14.7. The van der Waals surface area contributed by atoms with Gasteiger partial charge < -0.3 is 174 Å². The number of hydrogen-bond acceptors (Lipinski definition) is 29. The van der Waals surface area contributed by atoms with Gasteiger partial charge >= 0.3 is 0 Å². The first-order valence-electron chi connectivity index (χ1n) is 45.1. The predicted molar refractivity (Wildman–Crippen MR) is 503 cm³/mol. The van der Waals surface area contributed by atoms with Crippen LogP contribution in [0.15, 0.2) is 54.6 Å². The van der Waals surface area contributed by atoms with E-state index < -0.39 is 271 Å². The monoisotopic (exact) mass is 1970 g/mol. The zero-order chi connectivity index (χ0) is 105. The highest BCUT2D eigenvalue weighted by molar-refractivity contribution is 6.02. The number of rotatable bonds is 69. The Labute approximate surface area is 802 Å². The van der Waals surface area contributed by atoms with E-state index in [9.17, 15) is 106 Å². The fourth-order valence-corrected chi connectivity index (χ4v) is 13.2. The fourth-order valence-electron chi connectivity index (χ4n) is 13.2. The molecule has 0 unspecified atom stereocenters. The van der Waals surface area contributed by atoms with E-state index in [-0.39, 0.29) is 154 Å². The quantitative estimate of drug-likeness (QED) is 0.0166. The molecule has 0 saturated carbocycles. The van der Waals surface area contributed by atoms with Crippen molar-refractivity contribution < 1.29 is 106 Å². The molecule has 0 saturated heterocycles. The number of guanidine groups is 3. The molecule has 0 fully saturated rings. The van der Waals surface area contributed by atoms with Gasteiger partial charge in [0.05, 0.1) is 38.3 Å². The van der Waals surface area contributed by atoms with E-state index in [0.717, 1.165) is 31.5 Å². The number of carbonyl (C=O) groups excluding carboxylic acids is 19. The number of nitrogens with two attached hydrogens (primary N) is 11. The van der Waals surface area contributed by atoms with Crippen molar-refractivity contribution in [2.24, 2.45) is 63.1 Å². The van der Waals surface area contributed by atoms with Crippen LogP contribution in [0.3, 0.4) is 0 Å². The van der Waals surface area contributed by atoms with Gasteiger partial charge in [0.1, 0.15) is 89.9 Å². The van der Waals surface area contributed by atoms with Gasteiger partial charge in [-0.3, -0.25) is 107 Å². The first kappa shape index (κ1) is 121. The van der Waals surface area contributed by atoms with Gasteiger partial charge in [-0.25, -0.2) is 4.39 Å². The molecule has 46 N–H and O–H groups in total. The zero-order valence-electron chi connectivity index (χ0n) is 78.4. The van der Waals surface area contributed by atoms with Crippen molar-refractivity contribution in [2.45, 2.75) is 252 Å². The Morgan fingerprint density at radius 1 is 0.374 bits per heavy atom. The third kappa shape index (κ3) is 48.9. The number of aliphatic hydroxyl groups excluding tert-OH is 2. The highest BCUT2D eigenvalue weighted by Crippen LogP contribution is 2.15. The van der Waals surface area contributed by atoms with Crippen molar-refractivity contribution in [3.63, 3.8) is 0 Å². The molecule has 0 heterocycles. The van der Waals surface area contributed by atoms with E-state index in [4.69, 9.17) is 79.3 Å². The largest absolute Gasteiger partial charge is 0.394 e. The lowest BCUT2D eigenvalue weighted by Crippen LogP contribution is -2.62. The molecule has 0 aliphatic heterocycles. The summed E-state index contributed by atoms with van der Waals surface area (Å²) in [5.74, 6) is -21.7. The second-order valence-electron chi connectivity index (χ2n) is 33.2. The molecule has 15 atom stereocenters. The Hall–Kier alpha value is -14.2. The molecule has 2 aromatic carbocycles. The topological polar surface area (TPSA) is 951 Å². The summed E-state index contributed by atoms with van der Waals surface area (Å²) in [4.78, 5) is 260. The standard InChI is InChI=1S/C84H142FN33O21/c1-44(67(126)108-54(22-14-34-100-81(94)95)71(130)109-51(19-8-11-31-86)70(129)112-55(23-15-35-101-82(96)97)72(131)110-52(20-9-12-32-87)73(132)113-58(39-62(92)122)76(135)107-50(66(93)125)29-30-61(91)121)105-78(137)60(43-119)115-74(133)53(21-10-13-33-88)111-75(134)56(24-16-36-102-83(98)99)116-80(139)84(3,4)118-64(124)42-104-79(138)65(45(2)120)117-77(136)57(38-47-25-27-48(85)28-26-47)106-63(123)41-103-69(128)59(40-89)114-68(127)49(90)37-46-17-6-5-7-18-46/h5-7,17-18,25-28,44-45,49-60,65,119-120H,8-16,19-24,29-43,86-90H2,1-4H3,(H2,91,121)(H2,92,122)(H2,93,125)(H,103,128)(H,104,138)(H,105,137)(H,106,123)(H,107,135)(H,108,126)(H,109,130)(H,110,131)(H,111,134)(H,112,129)(H,113,132)(H,114,127)(H,115,133)(H,116,139)(H,117,136)(H,118,124)(H4,94,95,100)(H4,96,97,101)(H4,98,99,102)/t44-,45+,49-,50-,51-,52-,53-,54-,55-,56-,57-,58-,59-,60-,65-/m0/s1.